The minimum Gasteiger partial charge on any atom is -0.491 e. The number of amides is 1. The van der Waals surface area contributed by atoms with E-state index >= 15 is 0 Å². The molecule has 3 aromatic carbocycles. The summed E-state index contributed by atoms with van der Waals surface area (Å²) in [5, 5.41) is 2.77. The zero-order valence-corrected chi connectivity index (χ0v) is 19.7. The number of ether oxygens (including phenoxy) is 2. The molecular weight excluding hydrogens is 440 g/mol. The van der Waals surface area contributed by atoms with Crippen molar-refractivity contribution in [3.05, 3.63) is 83.4 Å². The second-order valence-electron chi connectivity index (χ2n) is 7.53. The average Bonchev–Trinajstić information content (AvgIpc) is 2.76. The molecule has 7 nitrogen and oxygen atoms in total. The Morgan fingerprint density at radius 3 is 2.24 bits per heavy atom. The molecule has 0 spiro atoms. The molecule has 0 aliphatic rings. The van der Waals surface area contributed by atoms with Crippen LogP contribution in [0.4, 0.5) is 11.4 Å². The van der Waals surface area contributed by atoms with Crippen molar-refractivity contribution >= 4 is 27.3 Å². The summed E-state index contributed by atoms with van der Waals surface area (Å²) in [5.41, 5.74) is 3.35. The summed E-state index contributed by atoms with van der Waals surface area (Å²) in [7, 11) is -3.75. The number of anilines is 2. The number of hydrogen-bond acceptors (Lipinski definition) is 5. The van der Waals surface area contributed by atoms with Gasteiger partial charge in [-0.15, -0.1) is 0 Å². The minimum atomic E-state index is -3.75. The van der Waals surface area contributed by atoms with Crippen molar-refractivity contribution in [2.24, 2.45) is 0 Å². The maximum Gasteiger partial charge on any atom is 0.261 e. The molecule has 1 amide bonds. The third-order valence-corrected chi connectivity index (χ3v) is 6.09. The highest BCUT2D eigenvalue weighted by Gasteiger charge is 2.15. The zero-order valence-electron chi connectivity index (χ0n) is 18.9. The first-order chi connectivity index (χ1) is 15.8. The van der Waals surface area contributed by atoms with Gasteiger partial charge in [0.25, 0.3) is 15.9 Å². The van der Waals surface area contributed by atoms with E-state index in [9.17, 15) is 13.2 Å². The lowest BCUT2D eigenvalue weighted by Gasteiger charge is -2.11. The van der Waals surface area contributed by atoms with Gasteiger partial charge in [-0.1, -0.05) is 12.1 Å². The van der Waals surface area contributed by atoms with E-state index in [1.54, 1.807) is 48.5 Å². The van der Waals surface area contributed by atoms with E-state index in [1.165, 1.54) is 12.1 Å². The number of benzene rings is 3. The van der Waals surface area contributed by atoms with Crippen LogP contribution in [0.5, 0.6) is 5.75 Å². The van der Waals surface area contributed by atoms with Gasteiger partial charge < -0.3 is 14.8 Å². The quantitative estimate of drug-likeness (QED) is 0.418. The molecule has 0 atom stereocenters. The van der Waals surface area contributed by atoms with Crippen molar-refractivity contribution in [1.29, 1.82) is 0 Å². The third-order valence-electron chi connectivity index (χ3n) is 4.69. The standard InChI is InChI=1S/C25H28N2O5S/c1-4-31-12-13-32-23-7-5-6-20(17-23)25(28)26-21-8-10-24(11-9-21)33(29,30)27-22-15-18(2)14-19(3)16-22/h5-11,14-17,27H,4,12-13H2,1-3H3,(H,26,28). The lowest BCUT2D eigenvalue weighted by Crippen LogP contribution is -2.14. The molecule has 0 aromatic heterocycles. The summed E-state index contributed by atoms with van der Waals surface area (Å²) in [4.78, 5) is 12.7. The molecule has 3 rings (SSSR count). The first-order valence-electron chi connectivity index (χ1n) is 10.6. The van der Waals surface area contributed by atoms with Crippen LogP contribution in [0.25, 0.3) is 0 Å². The fourth-order valence-electron chi connectivity index (χ4n) is 3.26. The Balaban J connectivity index is 1.64. The lowest BCUT2D eigenvalue weighted by molar-refractivity contribution is 0.102. The summed E-state index contributed by atoms with van der Waals surface area (Å²) in [6, 6.07) is 18.4. The Morgan fingerprint density at radius 1 is 0.879 bits per heavy atom. The number of rotatable bonds is 10. The number of nitrogens with one attached hydrogen (secondary N) is 2. The van der Waals surface area contributed by atoms with E-state index in [0.717, 1.165) is 11.1 Å². The van der Waals surface area contributed by atoms with Crippen molar-refractivity contribution in [3.63, 3.8) is 0 Å². The highest BCUT2D eigenvalue weighted by molar-refractivity contribution is 7.92. The fraction of sp³-hybridized carbons (Fsp3) is 0.240. The van der Waals surface area contributed by atoms with Crippen molar-refractivity contribution in [3.8, 4) is 5.75 Å². The van der Waals surface area contributed by atoms with Crippen LogP contribution in [0.2, 0.25) is 0 Å². The van der Waals surface area contributed by atoms with Crippen molar-refractivity contribution in [2.75, 3.05) is 29.9 Å². The molecule has 174 valence electrons. The van der Waals surface area contributed by atoms with Gasteiger partial charge >= 0.3 is 0 Å². The van der Waals surface area contributed by atoms with Gasteiger partial charge in [-0.25, -0.2) is 8.42 Å². The SMILES string of the molecule is CCOCCOc1cccc(C(=O)Nc2ccc(S(=O)(=O)Nc3cc(C)cc(C)c3)cc2)c1. The van der Waals surface area contributed by atoms with Gasteiger partial charge in [-0.05, 0) is 86.5 Å². The Hall–Kier alpha value is -3.36. The topological polar surface area (TPSA) is 93.7 Å². The summed E-state index contributed by atoms with van der Waals surface area (Å²) in [6.45, 7) is 7.21. The Morgan fingerprint density at radius 2 is 1.58 bits per heavy atom. The average molecular weight is 469 g/mol. The first kappa shape index (κ1) is 24.3. The third kappa shape index (κ3) is 7.06. The van der Waals surface area contributed by atoms with Crippen LogP contribution in [0.3, 0.4) is 0 Å². The maximum absolute atomic E-state index is 12.7. The molecule has 0 aliphatic heterocycles. The van der Waals surface area contributed by atoms with Gasteiger partial charge in [0.1, 0.15) is 12.4 Å². The second-order valence-corrected chi connectivity index (χ2v) is 9.22. The molecule has 0 heterocycles. The minimum absolute atomic E-state index is 0.101. The van der Waals surface area contributed by atoms with E-state index in [2.05, 4.69) is 10.0 Å². The van der Waals surface area contributed by atoms with Crippen LogP contribution in [-0.2, 0) is 14.8 Å². The monoisotopic (exact) mass is 468 g/mol. The fourth-order valence-corrected chi connectivity index (χ4v) is 4.30. The molecule has 8 heteroatoms. The Labute approximate surface area is 194 Å². The van der Waals surface area contributed by atoms with Crippen LogP contribution in [0.1, 0.15) is 28.4 Å². The van der Waals surface area contributed by atoms with Gasteiger partial charge in [0.15, 0.2) is 0 Å². The largest absolute Gasteiger partial charge is 0.491 e. The van der Waals surface area contributed by atoms with Gasteiger partial charge in [0.05, 0.1) is 11.5 Å². The summed E-state index contributed by atoms with van der Waals surface area (Å²) < 4.78 is 38.9. The zero-order chi connectivity index (χ0) is 23.8. The molecule has 0 radical (unpaired) electrons. The second kappa shape index (κ2) is 11.0. The molecule has 0 saturated heterocycles. The number of carbonyl (C=O) groups excluding carboxylic acids is 1. The van der Waals surface area contributed by atoms with E-state index in [4.69, 9.17) is 9.47 Å². The molecule has 0 saturated carbocycles. The Kier molecular flexibility index (Phi) is 8.08. The van der Waals surface area contributed by atoms with Gasteiger partial charge in [0.2, 0.25) is 0 Å². The van der Waals surface area contributed by atoms with Crippen molar-refractivity contribution in [1.82, 2.24) is 0 Å². The molecule has 0 fully saturated rings. The summed E-state index contributed by atoms with van der Waals surface area (Å²) >= 11 is 0. The maximum atomic E-state index is 12.7. The molecule has 2 N–H and O–H groups in total. The molecule has 33 heavy (non-hydrogen) atoms. The molecule has 0 unspecified atom stereocenters. The highest BCUT2D eigenvalue weighted by Crippen LogP contribution is 2.21. The summed E-state index contributed by atoms with van der Waals surface area (Å²) in [5.74, 6) is 0.246. The molecule has 0 bridgehead atoms. The summed E-state index contributed by atoms with van der Waals surface area (Å²) in [6.07, 6.45) is 0. The molecular formula is C25H28N2O5S. The number of carbonyl (C=O) groups is 1. The number of sulfonamides is 1. The van der Waals surface area contributed by atoms with Crippen LogP contribution in [0, 0.1) is 13.8 Å². The van der Waals surface area contributed by atoms with E-state index in [-0.39, 0.29) is 10.8 Å². The van der Waals surface area contributed by atoms with Crippen molar-refractivity contribution in [2.45, 2.75) is 25.7 Å². The van der Waals surface area contributed by atoms with E-state index in [0.29, 0.717) is 42.5 Å². The van der Waals surface area contributed by atoms with Gasteiger partial charge in [-0.2, -0.15) is 0 Å². The van der Waals surface area contributed by atoms with E-state index in [1.807, 2.05) is 26.8 Å². The van der Waals surface area contributed by atoms with Crippen LogP contribution in [0.15, 0.2) is 71.6 Å². The van der Waals surface area contributed by atoms with Crippen LogP contribution >= 0.6 is 0 Å². The highest BCUT2D eigenvalue weighted by atomic mass is 32.2. The molecule has 3 aromatic rings. The number of hydrogen-bond donors (Lipinski definition) is 2. The van der Waals surface area contributed by atoms with Crippen molar-refractivity contribution < 1.29 is 22.7 Å². The number of aryl methyl sites for hydroxylation is 2. The predicted molar refractivity (Wildman–Crippen MR) is 130 cm³/mol. The first-order valence-corrected chi connectivity index (χ1v) is 12.1. The van der Waals surface area contributed by atoms with Gasteiger partial charge in [0, 0.05) is 23.5 Å². The normalized spacial score (nSPS) is 11.1. The predicted octanol–water partition coefficient (Wildman–Crippen LogP) is 4.77. The Bertz CT molecular complexity index is 1190. The lowest BCUT2D eigenvalue weighted by atomic mass is 10.1. The van der Waals surface area contributed by atoms with E-state index < -0.39 is 10.0 Å². The van der Waals surface area contributed by atoms with Gasteiger partial charge in [-0.3, -0.25) is 9.52 Å². The smallest absolute Gasteiger partial charge is 0.261 e. The van der Waals surface area contributed by atoms with Crippen LogP contribution < -0.4 is 14.8 Å². The van der Waals surface area contributed by atoms with Crippen LogP contribution in [-0.4, -0.2) is 34.1 Å². The molecule has 0 aliphatic carbocycles.